The minimum Gasteiger partial charge on any atom is -0.351 e. The third kappa shape index (κ3) is 6.40. The first-order valence-electron chi connectivity index (χ1n) is 9.31. The molecule has 162 valence electrons. The van der Waals surface area contributed by atoms with Gasteiger partial charge in [0.25, 0.3) is 15.9 Å². The standard InChI is InChI=1S/C22H20Cl2N2O3S2/c1-15-4-2-3-5-20(15)26-31(28,29)21-14-16(6-11-19(21)24)22(27)25-12-13-30-18-9-7-17(23)8-10-18/h2-11,14,26H,12-13H2,1H3,(H,25,27). The van der Waals surface area contributed by atoms with Crippen LogP contribution in [0.1, 0.15) is 15.9 Å². The van der Waals surface area contributed by atoms with E-state index in [4.69, 9.17) is 23.2 Å². The lowest BCUT2D eigenvalue weighted by atomic mass is 10.2. The van der Waals surface area contributed by atoms with Gasteiger partial charge in [0, 0.05) is 27.8 Å². The number of halogens is 2. The summed E-state index contributed by atoms with van der Waals surface area (Å²) in [5, 5.41) is 3.50. The number of thioether (sulfide) groups is 1. The fourth-order valence-electron chi connectivity index (χ4n) is 2.70. The van der Waals surface area contributed by atoms with Crippen LogP contribution in [0, 0.1) is 6.92 Å². The monoisotopic (exact) mass is 494 g/mol. The van der Waals surface area contributed by atoms with E-state index in [1.165, 1.54) is 18.2 Å². The predicted molar refractivity (Wildman–Crippen MR) is 128 cm³/mol. The van der Waals surface area contributed by atoms with Crippen LogP contribution in [0.4, 0.5) is 5.69 Å². The highest BCUT2D eigenvalue weighted by atomic mass is 35.5. The molecule has 9 heteroatoms. The Morgan fingerprint density at radius 2 is 1.71 bits per heavy atom. The molecule has 3 aromatic rings. The van der Waals surface area contributed by atoms with Crippen LogP contribution >= 0.6 is 35.0 Å². The van der Waals surface area contributed by atoms with Crippen molar-refractivity contribution in [1.82, 2.24) is 5.32 Å². The second-order valence-electron chi connectivity index (χ2n) is 6.62. The summed E-state index contributed by atoms with van der Waals surface area (Å²) in [4.78, 5) is 13.4. The van der Waals surface area contributed by atoms with E-state index in [0.717, 1.165) is 10.5 Å². The number of sulfonamides is 1. The molecule has 0 atom stereocenters. The van der Waals surface area contributed by atoms with Gasteiger partial charge in [-0.3, -0.25) is 9.52 Å². The number of benzene rings is 3. The predicted octanol–water partition coefficient (Wildman–Crippen LogP) is 5.62. The largest absolute Gasteiger partial charge is 0.351 e. The van der Waals surface area contributed by atoms with Gasteiger partial charge in [-0.1, -0.05) is 41.4 Å². The summed E-state index contributed by atoms with van der Waals surface area (Å²) in [6.45, 7) is 2.21. The quantitative estimate of drug-likeness (QED) is 0.314. The molecule has 5 nitrogen and oxygen atoms in total. The molecule has 0 radical (unpaired) electrons. The van der Waals surface area contributed by atoms with Gasteiger partial charge in [0.15, 0.2) is 0 Å². The molecule has 31 heavy (non-hydrogen) atoms. The normalized spacial score (nSPS) is 11.2. The number of nitrogens with one attached hydrogen (secondary N) is 2. The van der Waals surface area contributed by atoms with Gasteiger partial charge in [-0.05, 0) is 61.0 Å². The lowest BCUT2D eigenvalue weighted by molar-refractivity contribution is 0.0956. The van der Waals surface area contributed by atoms with E-state index < -0.39 is 10.0 Å². The van der Waals surface area contributed by atoms with E-state index in [2.05, 4.69) is 10.0 Å². The number of carbonyl (C=O) groups excluding carboxylic acids is 1. The van der Waals surface area contributed by atoms with Crippen LogP contribution in [0.3, 0.4) is 0 Å². The van der Waals surface area contributed by atoms with Crippen LogP contribution < -0.4 is 10.0 Å². The number of amides is 1. The summed E-state index contributed by atoms with van der Waals surface area (Å²) in [7, 11) is -3.96. The summed E-state index contributed by atoms with van der Waals surface area (Å²) in [5.74, 6) is 0.279. The lowest BCUT2D eigenvalue weighted by Crippen LogP contribution is -2.26. The molecule has 0 heterocycles. The summed E-state index contributed by atoms with van der Waals surface area (Å²) in [5.41, 5.74) is 1.44. The molecule has 0 aromatic heterocycles. The molecule has 0 unspecified atom stereocenters. The van der Waals surface area contributed by atoms with E-state index >= 15 is 0 Å². The first kappa shape index (κ1) is 23.5. The van der Waals surface area contributed by atoms with Gasteiger partial charge in [0.05, 0.1) is 10.7 Å². The zero-order valence-electron chi connectivity index (χ0n) is 16.6. The number of anilines is 1. The van der Waals surface area contributed by atoms with E-state index in [1.54, 1.807) is 36.9 Å². The molecule has 3 aromatic carbocycles. The van der Waals surface area contributed by atoms with Crippen molar-refractivity contribution in [2.75, 3.05) is 17.0 Å². The van der Waals surface area contributed by atoms with Gasteiger partial charge in [-0.25, -0.2) is 8.42 Å². The van der Waals surface area contributed by atoms with E-state index in [0.29, 0.717) is 23.0 Å². The third-order valence-electron chi connectivity index (χ3n) is 4.34. The van der Waals surface area contributed by atoms with Crippen molar-refractivity contribution in [1.29, 1.82) is 0 Å². The van der Waals surface area contributed by atoms with Crippen molar-refractivity contribution in [3.05, 3.63) is 87.9 Å². The van der Waals surface area contributed by atoms with Crippen molar-refractivity contribution >= 4 is 56.6 Å². The van der Waals surface area contributed by atoms with Crippen LogP contribution in [-0.4, -0.2) is 26.6 Å². The zero-order chi connectivity index (χ0) is 22.4. The molecular formula is C22H20Cl2N2O3S2. The minimum absolute atomic E-state index is 0.0379. The zero-order valence-corrected chi connectivity index (χ0v) is 19.7. The van der Waals surface area contributed by atoms with E-state index in [1.807, 2.05) is 30.3 Å². The Morgan fingerprint density at radius 1 is 1.00 bits per heavy atom. The molecule has 0 aliphatic rings. The van der Waals surface area contributed by atoms with Gasteiger partial charge in [0.2, 0.25) is 0 Å². The maximum Gasteiger partial charge on any atom is 0.263 e. The lowest BCUT2D eigenvalue weighted by Gasteiger charge is -2.13. The molecule has 0 saturated carbocycles. The van der Waals surface area contributed by atoms with Gasteiger partial charge >= 0.3 is 0 Å². The summed E-state index contributed by atoms with van der Waals surface area (Å²) in [6.07, 6.45) is 0. The fourth-order valence-corrected chi connectivity index (χ4v) is 5.26. The average molecular weight is 495 g/mol. The molecule has 0 saturated heterocycles. The number of rotatable bonds is 8. The van der Waals surface area contributed by atoms with Gasteiger partial charge in [0.1, 0.15) is 4.90 Å². The van der Waals surface area contributed by atoms with Crippen molar-refractivity contribution in [3.8, 4) is 0 Å². The molecule has 0 spiro atoms. The smallest absolute Gasteiger partial charge is 0.263 e. The number of hydrogen-bond donors (Lipinski definition) is 2. The minimum atomic E-state index is -3.96. The molecule has 0 aliphatic heterocycles. The SMILES string of the molecule is Cc1ccccc1NS(=O)(=O)c1cc(C(=O)NCCSc2ccc(Cl)cc2)ccc1Cl. The maximum atomic E-state index is 12.9. The molecular weight excluding hydrogens is 475 g/mol. The Labute approximate surface area is 196 Å². The Kier molecular flexibility index (Phi) is 7.89. The van der Waals surface area contributed by atoms with Crippen LogP contribution in [0.25, 0.3) is 0 Å². The molecule has 0 aliphatic carbocycles. The Bertz CT molecular complexity index is 1180. The second kappa shape index (κ2) is 10.4. The van der Waals surface area contributed by atoms with Crippen LogP contribution in [0.15, 0.2) is 76.5 Å². The highest BCUT2D eigenvalue weighted by Crippen LogP contribution is 2.26. The van der Waals surface area contributed by atoms with Crippen molar-refractivity contribution in [2.45, 2.75) is 16.7 Å². The fraction of sp³-hybridized carbons (Fsp3) is 0.136. The van der Waals surface area contributed by atoms with Crippen molar-refractivity contribution < 1.29 is 13.2 Å². The van der Waals surface area contributed by atoms with Crippen molar-refractivity contribution in [3.63, 3.8) is 0 Å². The summed E-state index contributed by atoms with van der Waals surface area (Å²) in [6, 6.07) is 18.6. The van der Waals surface area contributed by atoms with Crippen LogP contribution in [0.2, 0.25) is 10.0 Å². The number of para-hydroxylation sites is 1. The number of hydrogen-bond acceptors (Lipinski definition) is 4. The van der Waals surface area contributed by atoms with E-state index in [-0.39, 0.29) is 21.4 Å². The third-order valence-corrected chi connectivity index (χ3v) is 7.46. The molecule has 0 fully saturated rings. The highest BCUT2D eigenvalue weighted by molar-refractivity contribution is 7.99. The molecule has 0 bridgehead atoms. The first-order chi connectivity index (χ1) is 14.8. The number of carbonyl (C=O) groups is 1. The van der Waals surface area contributed by atoms with Gasteiger partial charge < -0.3 is 5.32 Å². The maximum absolute atomic E-state index is 12.9. The Balaban J connectivity index is 1.66. The molecule has 3 rings (SSSR count). The Morgan fingerprint density at radius 3 is 2.42 bits per heavy atom. The molecule has 1 amide bonds. The second-order valence-corrected chi connectivity index (χ2v) is 10.3. The Hall–Kier alpha value is -2.19. The topological polar surface area (TPSA) is 75.3 Å². The van der Waals surface area contributed by atoms with Gasteiger partial charge in [-0.15, -0.1) is 11.8 Å². The first-order valence-corrected chi connectivity index (χ1v) is 12.5. The van der Waals surface area contributed by atoms with Crippen LogP contribution in [0.5, 0.6) is 0 Å². The summed E-state index contributed by atoms with van der Waals surface area (Å²) < 4.78 is 28.2. The highest BCUT2D eigenvalue weighted by Gasteiger charge is 2.21. The van der Waals surface area contributed by atoms with E-state index in [9.17, 15) is 13.2 Å². The molecule has 2 N–H and O–H groups in total. The van der Waals surface area contributed by atoms with Gasteiger partial charge in [-0.2, -0.15) is 0 Å². The average Bonchev–Trinajstić information content (AvgIpc) is 2.74. The van der Waals surface area contributed by atoms with Crippen LogP contribution in [-0.2, 0) is 10.0 Å². The number of aryl methyl sites for hydroxylation is 1. The summed E-state index contributed by atoms with van der Waals surface area (Å²) >= 11 is 13.6. The van der Waals surface area contributed by atoms with Crippen molar-refractivity contribution in [2.24, 2.45) is 0 Å².